The number of fused-ring (bicyclic) bond motifs is 2. The van der Waals surface area contributed by atoms with Gasteiger partial charge in [-0.2, -0.15) is 0 Å². The van der Waals surface area contributed by atoms with E-state index < -0.39 is 0 Å². The lowest BCUT2D eigenvalue weighted by Gasteiger charge is -2.26. The van der Waals surface area contributed by atoms with Gasteiger partial charge in [-0.1, -0.05) is 15.9 Å². The van der Waals surface area contributed by atoms with Crippen molar-refractivity contribution >= 4 is 50.1 Å². The summed E-state index contributed by atoms with van der Waals surface area (Å²) in [5, 5.41) is 3.71. The Balaban J connectivity index is 1.65. The Morgan fingerprint density at radius 3 is 2.85 bits per heavy atom. The third-order valence-electron chi connectivity index (χ3n) is 4.41. The quantitative estimate of drug-likeness (QED) is 0.684. The maximum absolute atomic E-state index is 12.7. The van der Waals surface area contributed by atoms with Gasteiger partial charge in [0.05, 0.1) is 5.69 Å². The summed E-state index contributed by atoms with van der Waals surface area (Å²) in [5.74, 6) is 0.381. The van der Waals surface area contributed by atoms with Crippen molar-refractivity contribution in [2.45, 2.75) is 6.92 Å². The van der Waals surface area contributed by atoms with Gasteiger partial charge in [0.25, 0.3) is 11.8 Å². The van der Waals surface area contributed by atoms with E-state index in [9.17, 15) is 9.59 Å². The van der Waals surface area contributed by atoms with E-state index in [0.29, 0.717) is 22.7 Å². The lowest BCUT2D eigenvalue weighted by molar-refractivity contribution is -0.120. The number of hydrogen-bond donors (Lipinski definition) is 1. The summed E-state index contributed by atoms with van der Waals surface area (Å²) in [5.41, 5.74) is 2.59. The summed E-state index contributed by atoms with van der Waals surface area (Å²) in [6.07, 6.45) is 0. The number of amides is 2. The van der Waals surface area contributed by atoms with Gasteiger partial charge in [-0.25, -0.2) is 0 Å². The summed E-state index contributed by atoms with van der Waals surface area (Å²) in [6, 6.07) is 10.8. The van der Waals surface area contributed by atoms with Gasteiger partial charge in [0.1, 0.15) is 11.3 Å². The number of ether oxygens (including phenoxy) is 1. The largest absolute Gasteiger partial charge is 0.482 e. The number of furan rings is 1. The predicted octanol–water partition coefficient (Wildman–Crippen LogP) is 4.11. The number of rotatable bonds is 2. The second-order valence-corrected chi connectivity index (χ2v) is 6.99. The fraction of sp³-hybridized carbons (Fsp3) is 0.158. The normalized spacial score (nSPS) is 13.5. The number of halogens is 1. The van der Waals surface area contributed by atoms with Crippen molar-refractivity contribution in [3.63, 3.8) is 0 Å². The molecule has 2 amide bonds. The predicted molar refractivity (Wildman–Crippen MR) is 102 cm³/mol. The minimum absolute atomic E-state index is 0.0168. The lowest BCUT2D eigenvalue weighted by Crippen LogP contribution is -2.35. The molecule has 7 heteroatoms. The summed E-state index contributed by atoms with van der Waals surface area (Å²) >= 11 is 3.40. The van der Waals surface area contributed by atoms with E-state index in [0.717, 1.165) is 15.4 Å². The highest BCUT2D eigenvalue weighted by atomic mass is 79.9. The Hall–Kier alpha value is -2.80. The summed E-state index contributed by atoms with van der Waals surface area (Å²) in [4.78, 5) is 26.0. The first-order valence-electron chi connectivity index (χ1n) is 7.97. The average molecular weight is 415 g/mol. The standard InChI is InChI=1S/C19H15BrN2O4/c1-10-13-5-3-11(20)7-16(13)26-18(10)19(24)21-12-4-6-15-14(8-12)22(2)17(23)9-25-15/h3-8H,9H2,1-2H3,(H,21,24). The highest BCUT2D eigenvalue weighted by Gasteiger charge is 2.23. The number of anilines is 2. The van der Waals surface area contributed by atoms with Crippen molar-refractivity contribution in [1.82, 2.24) is 0 Å². The molecule has 132 valence electrons. The van der Waals surface area contributed by atoms with Gasteiger partial charge in [0, 0.05) is 28.2 Å². The van der Waals surface area contributed by atoms with Crippen LogP contribution in [0.5, 0.6) is 5.75 Å². The molecule has 0 saturated carbocycles. The number of hydrogen-bond acceptors (Lipinski definition) is 4. The van der Waals surface area contributed by atoms with Crippen molar-refractivity contribution in [2.75, 3.05) is 23.9 Å². The first-order valence-corrected chi connectivity index (χ1v) is 8.77. The molecule has 1 aromatic heterocycles. The fourth-order valence-electron chi connectivity index (χ4n) is 2.95. The number of carbonyl (C=O) groups is 2. The zero-order chi connectivity index (χ0) is 18.4. The van der Waals surface area contributed by atoms with E-state index in [1.54, 1.807) is 25.2 Å². The highest BCUT2D eigenvalue weighted by Crippen LogP contribution is 2.34. The Labute approximate surface area is 157 Å². The molecule has 0 bridgehead atoms. The molecule has 6 nitrogen and oxygen atoms in total. The highest BCUT2D eigenvalue weighted by molar-refractivity contribution is 9.10. The van der Waals surface area contributed by atoms with Crippen molar-refractivity contribution in [3.05, 3.63) is 52.2 Å². The molecule has 0 unspecified atom stereocenters. The van der Waals surface area contributed by atoms with Gasteiger partial charge < -0.3 is 19.4 Å². The molecule has 1 N–H and O–H groups in total. The third kappa shape index (κ3) is 2.74. The number of likely N-dealkylation sites (N-methyl/N-ethyl adjacent to an activating group) is 1. The topological polar surface area (TPSA) is 71.8 Å². The number of carbonyl (C=O) groups excluding carboxylic acids is 2. The van der Waals surface area contributed by atoms with Crippen molar-refractivity contribution < 1.29 is 18.7 Å². The van der Waals surface area contributed by atoms with Crippen LogP contribution in [0.3, 0.4) is 0 Å². The molecule has 0 atom stereocenters. The molecule has 0 saturated heterocycles. The smallest absolute Gasteiger partial charge is 0.291 e. The molecule has 1 aliphatic rings. The van der Waals surface area contributed by atoms with Crippen LogP contribution >= 0.6 is 15.9 Å². The van der Waals surface area contributed by atoms with Gasteiger partial charge in [0.15, 0.2) is 12.4 Å². The van der Waals surface area contributed by atoms with E-state index in [4.69, 9.17) is 9.15 Å². The van der Waals surface area contributed by atoms with Crippen LogP contribution < -0.4 is 15.0 Å². The lowest BCUT2D eigenvalue weighted by atomic mass is 10.1. The van der Waals surface area contributed by atoms with E-state index in [1.165, 1.54) is 4.90 Å². The Morgan fingerprint density at radius 1 is 1.23 bits per heavy atom. The number of nitrogens with zero attached hydrogens (tertiary/aromatic N) is 1. The molecular weight excluding hydrogens is 400 g/mol. The molecule has 0 spiro atoms. The van der Waals surface area contributed by atoms with Crippen LogP contribution in [0.2, 0.25) is 0 Å². The molecule has 0 radical (unpaired) electrons. The summed E-state index contributed by atoms with van der Waals surface area (Å²) in [6.45, 7) is 1.87. The van der Waals surface area contributed by atoms with Gasteiger partial charge in [-0.3, -0.25) is 9.59 Å². The molecule has 4 rings (SSSR count). The monoisotopic (exact) mass is 414 g/mol. The molecule has 26 heavy (non-hydrogen) atoms. The number of benzene rings is 2. The molecule has 3 aromatic rings. The van der Waals surface area contributed by atoms with Gasteiger partial charge >= 0.3 is 0 Å². The maximum Gasteiger partial charge on any atom is 0.291 e. The zero-order valence-corrected chi connectivity index (χ0v) is 15.7. The van der Waals surface area contributed by atoms with E-state index in [-0.39, 0.29) is 24.2 Å². The van der Waals surface area contributed by atoms with Crippen LogP contribution in [-0.2, 0) is 4.79 Å². The minimum Gasteiger partial charge on any atom is -0.482 e. The Kier molecular flexibility index (Phi) is 3.96. The number of nitrogens with one attached hydrogen (secondary N) is 1. The average Bonchev–Trinajstić information content (AvgIpc) is 2.94. The van der Waals surface area contributed by atoms with Crippen molar-refractivity contribution in [3.8, 4) is 5.75 Å². The van der Waals surface area contributed by atoms with Crippen LogP contribution in [0.1, 0.15) is 16.1 Å². The first kappa shape index (κ1) is 16.7. The van der Waals surface area contributed by atoms with Crippen LogP contribution in [0.25, 0.3) is 11.0 Å². The summed E-state index contributed by atoms with van der Waals surface area (Å²) in [7, 11) is 1.68. The zero-order valence-electron chi connectivity index (χ0n) is 14.1. The van der Waals surface area contributed by atoms with Gasteiger partial charge in [-0.05, 0) is 43.3 Å². The van der Waals surface area contributed by atoms with Crippen molar-refractivity contribution in [2.24, 2.45) is 0 Å². The maximum atomic E-state index is 12.7. The van der Waals surface area contributed by atoms with Crippen molar-refractivity contribution in [1.29, 1.82) is 0 Å². The first-order chi connectivity index (χ1) is 12.4. The summed E-state index contributed by atoms with van der Waals surface area (Å²) < 4.78 is 12.0. The van der Waals surface area contributed by atoms with Crippen LogP contribution in [-0.4, -0.2) is 25.5 Å². The second-order valence-electron chi connectivity index (χ2n) is 6.07. The molecule has 2 aromatic carbocycles. The minimum atomic E-state index is -0.347. The molecule has 2 heterocycles. The van der Waals surface area contributed by atoms with Crippen LogP contribution in [0.4, 0.5) is 11.4 Å². The Bertz CT molecular complexity index is 1060. The van der Waals surface area contributed by atoms with Crippen LogP contribution in [0.15, 0.2) is 45.3 Å². The molecular formula is C19H15BrN2O4. The SMILES string of the molecule is Cc1c(C(=O)Nc2ccc3c(c2)N(C)C(=O)CO3)oc2cc(Br)ccc12. The second kappa shape index (κ2) is 6.17. The molecule has 1 aliphatic heterocycles. The third-order valence-corrected chi connectivity index (χ3v) is 4.90. The fourth-order valence-corrected chi connectivity index (χ4v) is 3.29. The van der Waals surface area contributed by atoms with Gasteiger partial charge in [-0.15, -0.1) is 0 Å². The van der Waals surface area contributed by atoms with E-state index in [2.05, 4.69) is 21.2 Å². The van der Waals surface area contributed by atoms with Gasteiger partial charge in [0.2, 0.25) is 0 Å². The number of aryl methyl sites for hydroxylation is 1. The van der Waals surface area contributed by atoms with Crippen LogP contribution in [0, 0.1) is 6.92 Å². The van der Waals surface area contributed by atoms with E-state index >= 15 is 0 Å². The Morgan fingerprint density at radius 2 is 2.04 bits per heavy atom. The van der Waals surface area contributed by atoms with E-state index in [1.807, 2.05) is 25.1 Å². The molecule has 0 aliphatic carbocycles. The molecule has 0 fully saturated rings.